The maximum atomic E-state index is 6.04. The van der Waals surface area contributed by atoms with Crippen LogP contribution in [0.1, 0.15) is 60.1 Å². The molecule has 0 bridgehead atoms. The van der Waals surface area contributed by atoms with Crippen molar-refractivity contribution in [3.8, 4) is 23.0 Å². The molecule has 2 heterocycles. The van der Waals surface area contributed by atoms with Gasteiger partial charge in [0, 0.05) is 5.56 Å². The Balaban J connectivity index is 0.000000599. The van der Waals surface area contributed by atoms with Gasteiger partial charge in [0.2, 0.25) is 5.88 Å². The second-order valence-corrected chi connectivity index (χ2v) is 5.53. The minimum Gasteiger partial charge on any atom is -0.477 e. The summed E-state index contributed by atoms with van der Waals surface area (Å²) in [5, 5.41) is 0. The van der Waals surface area contributed by atoms with Gasteiger partial charge in [0.05, 0.1) is 12.3 Å². The number of aryl methyl sites for hydroxylation is 1. The van der Waals surface area contributed by atoms with Crippen LogP contribution in [0.4, 0.5) is 0 Å². The van der Waals surface area contributed by atoms with Crippen LogP contribution < -0.4 is 4.74 Å². The number of fused-ring (bicyclic) bond motifs is 1. The minimum atomic E-state index is 0.764. The molecule has 0 N–H and O–H groups in total. The third-order valence-corrected chi connectivity index (χ3v) is 4.00. The Morgan fingerprint density at radius 1 is 0.750 bits per heavy atom. The lowest BCUT2D eigenvalue weighted by molar-refractivity contribution is 0.300. The third kappa shape index (κ3) is 5.72. The van der Waals surface area contributed by atoms with E-state index in [1.54, 1.807) is 0 Å². The monoisotopic (exact) mass is 380 g/mol. The van der Waals surface area contributed by atoms with Crippen LogP contribution in [0.15, 0.2) is 60.7 Å². The molecule has 0 fully saturated rings. The highest BCUT2D eigenvalue weighted by atomic mass is 16.5. The highest BCUT2D eigenvalue weighted by Crippen LogP contribution is 2.33. The van der Waals surface area contributed by atoms with Crippen LogP contribution in [-0.2, 0) is 6.42 Å². The molecule has 1 aromatic heterocycles. The maximum absolute atomic E-state index is 6.04. The zero-order chi connectivity index (χ0) is 20.8. The minimum absolute atomic E-state index is 0.764. The van der Waals surface area contributed by atoms with Crippen LogP contribution in [0.3, 0.4) is 0 Å². The van der Waals surface area contributed by atoms with Crippen LogP contribution in [0.2, 0.25) is 0 Å². The van der Waals surface area contributed by atoms with Crippen LogP contribution in [0, 0.1) is 0 Å². The lowest BCUT2D eigenvalue weighted by Crippen LogP contribution is -2.03. The summed E-state index contributed by atoms with van der Waals surface area (Å²) in [6, 6.07) is 20.6. The van der Waals surface area contributed by atoms with E-state index in [1.165, 1.54) is 0 Å². The van der Waals surface area contributed by atoms with Gasteiger partial charge in [0.25, 0.3) is 0 Å². The average molecular weight is 381 g/mol. The fourth-order valence-corrected chi connectivity index (χ4v) is 2.92. The Kier molecular flexibility index (Phi) is 11.4. The zero-order valence-electron chi connectivity index (χ0n) is 18.4. The van der Waals surface area contributed by atoms with Gasteiger partial charge >= 0.3 is 0 Å². The molecule has 1 aliphatic rings. The lowest BCUT2D eigenvalue weighted by atomic mass is 10.2. The highest BCUT2D eigenvalue weighted by molar-refractivity contribution is 5.62. The van der Waals surface area contributed by atoms with Crippen molar-refractivity contribution in [3.05, 3.63) is 66.4 Å². The molecule has 28 heavy (non-hydrogen) atoms. The SMILES string of the molecule is CC.CC.CC.c1ccc(-c2nc3c(n2-c2ccccc2)OCCCC3)cc1. The number of ether oxygens (including phenoxy) is 1. The van der Waals surface area contributed by atoms with E-state index in [4.69, 9.17) is 9.72 Å². The lowest BCUT2D eigenvalue weighted by Gasteiger charge is -2.12. The van der Waals surface area contributed by atoms with Gasteiger partial charge in [-0.15, -0.1) is 0 Å². The van der Waals surface area contributed by atoms with Gasteiger partial charge < -0.3 is 4.74 Å². The first-order valence-corrected chi connectivity index (χ1v) is 10.8. The summed E-state index contributed by atoms with van der Waals surface area (Å²) in [5.74, 6) is 1.86. The van der Waals surface area contributed by atoms with Crippen molar-refractivity contribution >= 4 is 0 Å². The Bertz CT molecular complexity index is 764. The van der Waals surface area contributed by atoms with Crippen molar-refractivity contribution in [2.75, 3.05) is 6.61 Å². The number of para-hydroxylation sites is 1. The van der Waals surface area contributed by atoms with Crippen molar-refractivity contribution < 1.29 is 4.74 Å². The molecule has 0 spiro atoms. The molecule has 4 rings (SSSR count). The van der Waals surface area contributed by atoms with E-state index in [9.17, 15) is 0 Å². The number of aromatic nitrogens is 2. The van der Waals surface area contributed by atoms with Gasteiger partial charge in [-0.05, 0) is 31.4 Å². The maximum Gasteiger partial charge on any atom is 0.222 e. The molecule has 0 amide bonds. The number of imidazole rings is 1. The fraction of sp³-hybridized carbons (Fsp3) is 0.400. The van der Waals surface area contributed by atoms with Gasteiger partial charge in [-0.25, -0.2) is 4.98 Å². The Morgan fingerprint density at radius 3 is 1.93 bits per heavy atom. The molecule has 0 aliphatic carbocycles. The second kappa shape index (κ2) is 13.6. The summed E-state index contributed by atoms with van der Waals surface area (Å²) < 4.78 is 8.19. The smallest absolute Gasteiger partial charge is 0.222 e. The van der Waals surface area contributed by atoms with Crippen LogP contribution in [-0.4, -0.2) is 16.2 Å². The second-order valence-electron chi connectivity index (χ2n) is 5.53. The Labute approximate surface area is 171 Å². The predicted molar refractivity (Wildman–Crippen MR) is 121 cm³/mol. The summed E-state index contributed by atoms with van der Waals surface area (Å²) in [4.78, 5) is 4.90. The molecule has 3 nitrogen and oxygen atoms in total. The largest absolute Gasteiger partial charge is 0.477 e. The van der Waals surface area contributed by atoms with E-state index in [1.807, 2.05) is 77.9 Å². The summed E-state index contributed by atoms with van der Waals surface area (Å²) in [7, 11) is 0. The molecule has 3 heteroatoms. The van der Waals surface area contributed by atoms with Crippen LogP contribution in [0.5, 0.6) is 5.88 Å². The topological polar surface area (TPSA) is 27.1 Å². The molecule has 2 aromatic carbocycles. The van der Waals surface area contributed by atoms with Crippen LogP contribution in [0.25, 0.3) is 17.1 Å². The van der Waals surface area contributed by atoms with E-state index in [0.29, 0.717) is 0 Å². The van der Waals surface area contributed by atoms with Gasteiger partial charge in [-0.2, -0.15) is 0 Å². The van der Waals surface area contributed by atoms with Gasteiger partial charge in [0.15, 0.2) is 0 Å². The molecule has 0 atom stereocenters. The first kappa shape index (κ1) is 23.5. The number of hydrogen-bond donors (Lipinski definition) is 0. The van der Waals surface area contributed by atoms with Crippen molar-refractivity contribution in [2.45, 2.75) is 60.8 Å². The molecule has 0 radical (unpaired) electrons. The average Bonchev–Trinajstić information content (AvgIpc) is 3.01. The van der Waals surface area contributed by atoms with E-state index >= 15 is 0 Å². The standard InChI is InChI=1S/C19H18N2O.3C2H6/c1-3-9-15(10-4-1)18-20-17-13-7-8-14-22-19(17)21(18)16-11-5-2-6-12-16;3*1-2/h1-6,9-12H,7-8,13-14H2;3*1-2H3. The van der Waals surface area contributed by atoms with E-state index in [2.05, 4.69) is 28.8 Å². The molecule has 0 saturated heterocycles. The molecule has 0 saturated carbocycles. The van der Waals surface area contributed by atoms with Crippen molar-refractivity contribution in [3.63, 3.8) is 0 Å². The number of hydrogen-bond acceptors (Lipinski definition) is 2. The van der Waals surface area contributed by atoms with Gasteiger partial charge in [-0.3, -0.25) is 4.57 Å². The summed E-state index contributed by atoms with van der Waals surface area (Å²) in [5.41, 5.74) is 3.28. The highest BCUT2D eigenvalue weighted by Gasteiger charge is 2.22. The van der Waals surface area contributed by atoms with Crippen LogP contribution >= 0.6 is 0 Å². The third-order valence-electron chi connectivity index (χ3n) is 4.00. The van der Waals surface area contributed by atoms with E-state index < -0.39 is 0 Å². The number of benzene rings is 2. The van der Waals surface area contributed by atoms with Gasteiger partial charge in [-0.1, -0.05) is 90.1 Å². The zero-order valence-corrected chi connectivity index (χ0v) is 18.4. The first-order valence-electron chi connectivity index (χ1n) is 10.8. The summed E-state index contributed by atoms with van der Waals surface area (Å²) in [6.07, 6.45) is 3.20. The molecular formula is C25H36N2O. The molecule has 1 aliphatic heterocycles. The molecule has 152 valence electrons. The Hall–Kier alpha value is -2.55. The van der Waals surface area contributed by atoms with Crippen molar-refractivity contribution in [1.29, 1.82) is 0 Å². The Morgan fingerprint density at radius 2 is 1.32 bits per heavy atom. The summed E-state index contributed by atoms with van der Waals surface area (Å²) >= 11 is 0. The summed E-state index contributed by atoms with van der Waals surface area (Å²) in [6.45, 7) is 12.8. The number of rotatable bonds is 2. The van der Waals surface area contributed by atoms with E-state index in [0.717, 1.165) is 54.5 Å². The fourth-order valence-electron chi connectivity index (χ4n) is 2.92. The first-order chi connectivity index (χ1) is 13.9. The predicted octanol–water partition coefficient (Wildman–Crippen LogP) is 7.33. The molecule has 3 aromatic rings. The molecular weight excluding hydrogens is 344 g/mol. The number of nitrogens with zero attached hydrogens (tertiary/aromatic N) is 2. The molecule has 0 unspecified atom stereocenters. The van der Waals surface area contributed by atoms with E-state index in [-0.39, 0.29) is 0 Å². The van der Waals surface area contributed by atoms with Crippen molar-refractivity contribution in [2.24, 2.45) is 0 Å². The van der Waals surface area contributed by atoms with Crippen molar-refractivity contribution in [1.82, 2.24) is 9.55 Å². The quantitative estimate of drug-likeness (QED) is 0.465. The normalized spacial score (nSPS) is 11.6. The van der Waals surface area contributed by atoms with Gasteiger partial charge in [0.1, 0.15) is 11.5 Å².